The molecule has 1 amide bonds. The highest BCUT2D eigenvalue weighted by Gasteiger charge is 2.31. The third-order valence-electron chi connectivity index (χ3n) is 7.72. The van der Waals surface area contributed by atoms with Gasteiger partial charge in [-0.05, 0) is 60.0 Å². The van der Waals surface area contributed by atoms with Crippen LogP contribution in [0.1, 0.15) is 45.3 Å². The molecule has 1 atom stereocenters. The van der Waals surface area contributed by atoms with Crippen molar-refractivity contribution in [3.63, 3.8) is 0 Å². The zero-order chi connectivity index (χ0) is 29.0. The number of rotatable bonds is 5. The first-order valence-electron chi connectivity index (χ1n) is 13.4. The second-order valence-electron chi connectivity index (χ2n) is 10.4. The molecule has 6 nitrogen and oxygen atoms in total. The summed E-state index contributed by atoms with van der Waals surface area (Å²) in [7, 11) is 0. The van der Waals surface area contributed by atoms with E-state index in [1.807, 2.05) is 18.2 Å². The molecule has 0 bridgehead atoms. The Morgan fingerprint density at radius 3 is 2.60 bits per heavy atom. The molecular formula is C32H23F4N5O. The quantitative estimate of drug-likeness (QED) is 0.220. The third kappa shape index (κ3) is 4.58. The number of imidazole rings is 1. The number of benzene rings is 3. The molecule has 1 N–H and O–H groups in total. The van der Waals surface area contributed by atoms with E-state index in [0.717, 1.165) is 36.6 Å². The number of carbonyl (C=O) groups excluding carboxylic acids is 1. The lowest BCUT2D eigenvalue weighted by Gasteiger charge is -2.12. The predicted octanol–water partition coefficient (Wildman–Crippen LogP) is 7.38. The SMILES string of the molecule is O=C(Nc1cnc2c(c1)nc1n2CCC1c1ccccc1)c1cc2cc(C(F)(F)F)ccc2n1Cc1cccc(F)c1. The summed E-state index contributed by atoms with van der Waals surface area (Å²) in [5.74, 6) is 0.0859. The molecule has 7 rings (SSSR count). The molecule has 0 aliphatic carbocycles. The lowest BCUT2D eigenvalue weighted by Crippen LogP contribution is -2.17. The fraction of sp³-hybridized carbons (Fsp3) is 0.156. The van der Waals surface area contributed by atoms with E-state index in [-0.39, 0.29) is 23.5 Å². The normalized spacial score (nSPS) is 14.9. The number of amides is 1. The number of nitrogens with zero attached hydrogens (tertiary/aromatic N) is 4. The second kappa shape index (κ2) is 9.83. The Morgan fingerprint density at radius 2 is 1.81 bits per heavy atom. The summed E-state index contributed by atoms with van der Waals surface area (Å²) < 4.78 is 57.9. The highest BCUT2D eigenvalue weighted by molar-refractivity contribution is 6.07. The summed E-state index contributed by atoms with van der Waals surface area (Å²) in [6.07, 6.45) is -2.06. The van der Waals surface area contributed by atoms with Crippen LogP contribution in [0.2, 0.25) is 0 Å². The molecular weight excluding hydrogens is 546 g/mol. The van der Waals surface area contributed by atoms with Crippen LogP contribution in [0.25, 0.3) is 22.1 Å². The molecule has 42 heavy (non-hydrogen) atoms. The number of hydrogen-bond acceptors (Lipinski definition) is 3. The number of aromatic nitrogens is 4. The van der Waals surface area contributed by atoms with Crippen LogP contribution < -0.4 is 5.32 Å². The van der Waals surface area contributed by atoms with Crippen LogP contribution in [0.5, 0.6) is 0 Å². The topological polar surface area (TPSA) is 64.7 Å². The maximum Gasteiger partial charge on any atom is 0.416 e. The first-order valence-corrected chi connectivity index (χ1v) is 13.4. The average molecular weight is 570 g/mol. The van der Waals surface area contributed by atoms with Gasteiger partial charge in [0, 0.05) is 29.9 Å². The molecule has 4 heterocycles. The van der Waals surface area contributed by atoms with Gasteiger partial charge in [0.1, 0.15) is 22.9 Å². The molecule has 10 heteroatoms. The smallest absolute Gasteiger partial charge is 0.332 e. The van der Waals surface area contributed by atoms with Gasteiger partial charge in [-0.15, -0.1) is 0 Å². The summed E-state index contributed by atoms with van der Waals surface area (Å²) in [6.45, 7) is 0.867. The van der Waals surface area contributed by atoms with Gasteiger partial charge in [-0.2, -0.15) is 13.2 Å². The van der Waals surface area contributed by atoms with Gasteiger partial charge in [0.2, 0.25) is 0 Å². The maximum absolute atomic E-state index is 13.9. The van der Waals surface area contributed by atoms with Crippen LogP contribution in [0.4, 0.5) is 23.2 Å². The van der Waals surface area contributed by atoms with Crippen LogP contribution in [-0.2, 0) is 19.3 Å². The van der Waals surface area contributed by atoms with Crippen molar-refractivity contribution in [2.45, 2.75) is 31.6 Å². The van der Waals surface area contributed by atoms with Crippen molar-refractivity contribution in [2.24, 2.45) is 0 Å². The van der Waals surface area contributed by atoms with Gasteiger partial charge in [0.05, 0.1) is 17.4 Å². The highest BCUT2D eigenvalue weighted by Crippen LogP contribution is 2.36. The number of alkyl halides is 3. The second-order valence-corrected chi connectivity index (χ2v) is 10.4. The van der Waals surface area contributed by atoms with Gasteiger partial charge < -0.3 is 14.5 Å². The molecule has 0 fully saturated rings. The van der Waals surface area contributed by atoms with Gasteiger partial charge in [0.15, 0.2) is 5.65 Å². The fourth-order valence-electron chi connectivity index (χ4n) is 5.79. The van der Waals surface area contributed by atoms with E-state index in [1.54, 1.807) is 29.0 Å². The van der Waals surface area contributed by atoms with Crippen molar-refractivity contribution in [3.05, 3.63) is 125 Å². The Bertz CT molecular complexity index is 1980. The van der Waals surface area contributed by atoms with Crippen LogP contribution >= 0.6 is 0 Å². The number of carbonyl (C=O) groups is 1. The Kier molecular flexibility index (Phi) is 6.07. The minimum atomic E-state index is -4.54. The van der Waals surface area contributed by atoms with Crippen molar-refractivity contribution < 1.29 is 22.4 Å². The van der Waals surface area contributed by atoms with E-state index in [2.05, 4.69) is 27.0 Å². The Balaban J connectivity index is 1.23. The standard InChI is InChI=1S/C32H23F4N5O/c33-23-8-4-5-19(13-23)18-41-27-10-9-22(32(34,35)36)14-21(27)15-28(41)31(42)38-24-16-26-30(37-17-24)40-12-11-25(29(40)39-26)20-6-2-1-3-7-20/h1-10,13-17,25H,11-12,18H2,(H,38,42). The minimum Gasteiger partial charge on any atom is -0.332 e. The Hall–Kier alpha value is -4.99. The zero-order valence-electron chi connectivity index (χ0n) is 22.1. The van der Waals surface area contributed by atoms with Crippen LogP contribution in [-0.4, -0.2) is 25.0 Å². The van der Waals surface area contributed by atoms with Crippen molar-refractivity contribution >= 4 is 33.7 Å². The first kappa shape index (κ1) is 25.9. The third-order valence-corrected chi connectivity index (χ3v) is 7.72. The number of fused-ring (bicyclic) bond motifs is 4. The molecule has 3 aromatic heterocycles. The molecule has 0 saturated heterocycles. The summed E-state index contributed by atoms with van der Waals surface area (Å²) >= 11 is 0. The van der Waals surface area contributed by atoms with Crippen LogP contribution in [0.15, 0.2) is 91.1 Å². The van der Waals surface area contributed by atoms with Crippen LogP contribution in [0.3, 0.4) is 0 Å². The summed E-state index contributed by atoms with van der Waals surface area (Å²) in [5, 5.41) is 3.08. The van der Waals surface area contributed by atoms with Gasteiger partial charge >= 0.3 is 6.18 Å². The molecule has 0 radical (unpaired) electrons. The number of nitrogens with one attached hydrogen (secondary N) is 1. The van der Waals surface area contributed by atoms with Gasteiger partial charge in [0.25, 0.3) is 5.91 Å². The van der Waals surface area contributed by atoms with Crippen molar-refractivity contribution in [1.29, 1.82) is 0 Å². The number of halogens is 4. The number of hydrogen-bond donors (Lipinski definition) is 1. The van der Waals surface area contributed by atoms with E-state index < -0.39 is 23.5 Å². The van der Waals surface area contributed by atoms with Crippen molar-refractivity contribution in [2.75, 3.05) is 5.32 Å². The Morgan fingerprint density at radius 1 is 0.976 bits per heavy atom. The Labute approximate surface area is 237 Å². The van der Waals surface area contributed by atoms with Crippen LogP contribution in [0, 0.1) is 5.82 Å². The summed E-state index contributed by atoms with van der Waals surface area (Å²) in [6, 6.07) is 22.5. The molecule has 1 aliphatic heterocycles. The molecule has 6 aromatic rings. The summed E-state index contributed by atoms with van der Waals surface area (Å²) in [5.41, 5.74) is 3.23. The lowest BCUT2D eigenvalue weighted by atomic mass is 9.97. The molecule has 1 aliphatic rings. The van der Waals surface area contributed by atoms with Gasteiger partial charge in [-0.25, -0.2) is 14.4 Å². The predicted molar refractivity (Wildman–Crippen MR) is 151 cm³/mol. The lowest BCUT2D eigenvalue weighted by molar-refractivity contribution is -0.137. The number of pyridine rings is 1. The van der Waals surface area contributed by atoms with Crippen molar-refractivity contribution in [3.8, 4) is 0 Å². The van der Waals surface area contributed by atoms with E-state index >= 15 is 0 Å². The average Bonchev–Trinajstić information content (AvgIpc) is 3.64. The first-order chi connectivity index (χ1) is 20.2. The molecule has 0 spiro atoms. The maximum atomic E-state index is 13.9. The monoisotopic (exact) mass is 569 g/mol. The van der Waals surface area contributed by atoms with E-state index in [4.69, 9.17) is 4.98 Å². The molecule has 210 valence electrons. The fourth-order valence-corrected chi connectivity index (χ4v) is 5.79. The number of anilines is 1. The van der Waals surface area contributed by atoms with E-state index in [9.17, 15) is 22.4 Å². The van der Waals surface area contributed by atoms with E-state index in [1.165, 1.54) is 29.8 Å². The molecule has 0 saturated carbocycles. The van der Waals surface area contributed by atoms with Gasteiger partial charge in [-0.3, -0.25) is 4.79 Å². The molecule has 1 unspecified atom stereocenters. The molecule has 3 aromatic carbocycles. The largest absolute Gasteiger partial charge is 0.416 e. The number of aryl methyl sites for hydroxylation is 1. The van der Waals surface area contributed by atoms with Gasteiger partial charge in [-0.1, -0.05) is 42.5 Å². The zero-order valence-corrected chi connectivity index (χ0v) is 22.1. The van der Waals surface area contributed by atoms with E-state index in [0.29, 0.717) is 22.3 Å². The minimum absolute atomic E-state index is 0.0846. The highest BCUT2D eigenvalue weighted by atomic mass is 19.4. The van der Waals surface area contributed by atoms with Crippen molar-refractivity contribution in [1.82, 2.24) is 19.1 Å². The summed E-state index contributed by atoms with van der Waals surface area (Å²) in [4.78, 5) is 23.0.